The molecule has 0 radical (unpaired) electrons. The molecule has 5 nitrogen and oxygen atoms in total. The van der Waals surface area contributed by atoms with Crippen LogP contribution in [0.25, 0.3) is 0 Å². The number of nitrogens with zero attached hydrogens (tertiary/aromatic N) is 3. The predicted octanol–water partition coefficient (Wildman–Crippen LogP) is 1.05. The second-order valence-electron chi connectivity index (χ2n) is 4.42. The third-order valence-electron chi connectivity index (χ3n) is 3.34. The fraction of sp³-hybridized carbons (Fsp3) is 0.308. The van der Waals surface area contributed by atoms with E-state index in [4.69, 9.17) is 0 Å². The number of carbonyl (C=O) groups excluding carboxylic acids is 1. The Morgan fingerprint density at radius 1 is 1.17 bits per heavy atom. The molecule has 0 spiro atoms. The molecule has 2 heterocycles. The van der Waals surface area contributed by atoms with Crippen molar-refractivity contribution in [2.75, 3.05) is 13.1 Å². The zero-order valence-corrected chi connectivity index (χ0v) is 9.97. The molecule has 1 aliphatic heterocycles. The minimum atomic E-state index is -0.0449. The monoisotopic (exact) mass is 242 g/mol. The van der Waals surface area contributed by atoms with E-state index < -0.39 is 0 Å². The van der Waals surface area contributed by atoms with Gasteiger partial charge in [-0.05, 0) is 24.0 Å². The van der Waals surface area contributed by atoms with Gasteiger partial charge in [-0.1, -0.05) is 24.3 Å². The van der Waals surface area contributed by atoms with E-state index in [0.29, 0.717) is 5.69 Å². The Kier molecular flexibility index (Phi) is 2.80. The summed E-state index contributed by atoms with van der Waals surface area (Å²) >= 11 is 0. The molecule has 2 aromatic rings. The number of amides is 1. The molecule has 0 bridgehead atoms. The summed E-state index contributed by atoms with van der Waals surface area (Å²) in [7, 11) is 0. The first-order chi connectivity index (χ1) is 8.84. The van der Waals surface area contributed by atoms with E-state index in [0.717, 1.165) is 25.9 Å². The Hall–Kier alpha value is -2.17. The maximum atomic E-state index is 12.2. The summed E-state index contributed by atoms with van der Waals surface area (Å²) in [6.07, 6.45) is 3.28. The average Bonchev–Trinajstić information content (AvgIpc) is 2.85. The molecule has 18 heavy (non-hydrogen) atoms. The summed E-state index contributed by atoms with van der Waals surface area (Å²) in [5, 5.41) is 10.00. The fourth-order valence-corrected chi connectivity index (χ4v) is 2.34. The van der Waals surface area contributed by atoms with Crippen molar-refractivity contribution in [3.63, 3.8) is 0 Å². The molecule has 3 rings (SSSR count). The first-order valence-corrected chi connectivity index (χ1v) is 6.06. The van der Waals surface area contributed by atoms with E-state index in [2.05, 4.69) is 27.5 Å². The largest absolute Gasteiger partial charge is 0.337 e. The number of hydrogen-bond donors (Lipinski definition) is 1. The van der Waals surface area contributed by atoms with Crippen molar-refractivity contribution < 1.29 is 4.79 Å². The highest BCUT2D eigenvalue weighted by atomic mass is 16.2. The molecule has 0 atom stereocenters. The zero-order valence-electron chi connectivity index (χ0n) is 9.97. The lowest BCUT2D eigenvalue weighted by Gasteiger charge is -2.18. The average molecular weight is 242 g/mol. The summed E-state index contributed by atoms with van der Waals surface area (Å²) in [6.45, 7) is 1.48. The van der Waals surface area contributed by atoms with Crippen molar-refractivity contribution >= 4 is 5.91 Å². The summed E-state index contributed by atoms with van der Waals surface area (Å²) in [5.41, 5.74) is 3.07. The number of H-pyrrole nitrogens is 1. The van der Waals surface area contributed by atoms with Crippen LogP contribution in [-0.2, 0) is 12.8 Å². The van der Waals surface area contributed by atoms with Gasteiger partial charge in [0.15, 0.2) is 5.69 Å². The van der Waals surface area contributed by atoms with Gasteiger partial charge in [0, 0.05) is 13.1 Å². The molecular formula is C13H14N4O. The Labute approximate surface area is 105 Å². The second-order valence-corrected chi connectivity index (χ2v) is 4.42. The number of nitrogens with one attached hydrogen (secondary N) is 1. The van der Waals surface area contributed by atoms with Gasteiger partial charge in [-0.25, -0.2) is 0 Å². The molecule has 0 fully saturated rings. The van der Waals surface area contributed by atoms with Gasteiger partial charge in [0.05, 0.1) is 6.20 Å². The van der Waals surface area contributed by atoms with Crippen LogP contribution in [0.15, 0.2) is 30.5 Å². The first-order valence-electron chi connectivity index (χ1n) is 6.06. The van der Waals surface area contributed by atoms with Gasteiger partial charge in [0.2, 0.25) is 0 Å². The smallest absolute Gasteiger partial charge is 0.276 e. The molecule has 5 heteroatoms. The standard InChI is InChI=1S/C13H14N4O/c18-13(12-9-14-16-15-12)17-7-5-10-3-1-2-4-11(10)6-8-17/h1-4,9H,5-8H2,(H,14,15,16). The number of fused-ring (bicyclic) bond motifs is 1. The molecule has 1 amide bonds. The Morgan fingerprint density at radius 2 is 1.83 bits per heavy atom. The van der Waals surface area contributed by atoms with Crippen molar-refractivity contribution in [2.45, 2.75) is 12.8 Å². The summed E-state index contributed by atoms with van der Waals surface area (Å²) < 4.78 is 0. The number of aromatic amines is 1. The van der Waals surface area contributed by atoms with E-state index in [-0.39, 0.29) is 5.91 Å². The van der Waals surface area contributed by atoms with Gasteiger partial charge in [-0.15, -0.1) is 0 Å². The van der Waals surface area contributed by atoms with Crippen LogP contribution >= 0.6 is 0 Å². The van der Waals surface area contributed by atoms with E-state index in [1.807, 2.05) is 17.0 Å². The van der Waals surface area contributed by atoms with E-state index in [9.17, 15) is 4.79 Å². The number of carbonyl (C=O) groups is 1. The maximum absolute atomic E-state index is 12.2. The van der Waals surface area contributed by atoms with Crippen LogP contribution in [0.4, 0.5) is 0 Å². The quantitative estimate of drug-likeness (QED) is 0.813. The van der Waals surface area contributed by atoms with Gasteiger partial charge in [0.25, 0.3) is 5.91 Å². The van der Waals surface area contributed by atoms with Crippen molar-refractivity contribution in [3.8, 4) is 0 Å². The molecule has 1 N–H and O–H groups in total. The number of aromatic nitrogens is 3. The third-order valence-corrected chi connectivity index (χ3v) is 3.34. The highest BCUT2D eigenvalue weighted by Gasteiger charge is 2.20. The van der Waals surface area contributed by atoms with Crippen LogP contribution < -0.4 is 0 Å². The summed E-state index contributed by atoms with van der Waals surface area (Å²) in [6, 6.07) is 8.38. The fourth-order valence-electron chi connectivity index (χ4n) is 2.34. The van der Waals surface area contributed by atoms with Gasteiger partial charge in [-0.2, -0.15) is 15.4 Å². The van der Waals surface area contributed by atoms with Crippen LogP contribution in [0.3, 0.4) is 0 Å². The molecule has 0 aliphatic carbocycles. The minimum Gasteiger partial charge on any atom is -0.337 e. The number of benzene rings is 1. The minimum absolute atomic E-state index is 0.0449. The van der Waals surface area contributed by atoms with E-state index >= 15 is 0 Å². The van der Waals surface area contributed by atoms with Gasteiger partial charge in [0.1, 0.15) is 0 Å². The molecule has 0 unspecified atom stereocenters. The maximum Gasteiger partial charge on any atom is 0.276 e. The summed E-state index contributed by atoms with van der Waals surface area (Å²) in [5.74, 6) is -0.0449. The van der Waals surface area contributed by atoms with Crippen LogP contribution in [0.5, 0.6) is 0 Å². The van der Waals surface area contributed by atoms with Crippen LogP contribution in [-0.4, -0.2) is 39.3 Å². The number of hydrogen-bond acceptors (Lipinski definition) is 3. The van der Waals surface area contributed by atoms with Crippen molar-refractivity contribution in [1.29, 1.82) is 0 Å². The predicted molar refractivity (Wildman–Crippen MR) is 66.1 cm³/mol. The Balaban J connectivity index is 1.77. The molecule has 1 aromatic carbocycles. The highest BCUT2D eigenvalue weighted by molar-refractivity contribution is 5.91. The van der Waals surface area contributed by atoms with Crippen LogP contribution in [0.1, 0.15) is 21.6 Å². The van der Waals surface area contributed by atoms with Gasteiger partial charge in [-0.3, -0.25) is 4.79 Å². The molecule has 0 saturated heterocycles. The van der Waals surface area contributed by atoms with Gasteiger partial charge >= 0.3 is 0 Å². The zero-order chi connectivity index (χ0) is 12.4. The van der Waals surface area contributed by atoms with Crippen LogP contribution in [0, 0.1) is 0 Å². The highest BCUT2D eigenvalue weighted by Crippen LogP contribution is 2.16. The molecule has 0 saturated carbocycles. The molecule has 1 aliphatic rings. The normalized spacial score (nSPS) is 15.0. The molecular weight excluding hydrogens is 228 g/mol. The Bertz CT molecular complexity index is 523. The van der Waals surface area contributed by atoms with Gasteiger partial charge < -0.3 is 4.90 Å². The van der Waals surface area contributed by atoms with E-state index in [1.54, 1.807) is 0 Å². The SMILES string of the molecule is O=C(c1cn[nH]n1)N1CCc2ccccc2CC1. The first kappa shape index (κ1) is 11.0. The van der Waals surface area contributed by atoms with Crippen molar-refractivity contribution in [3.05, 3.63) is 47.3 Å². The lowest BCUT2D eigenvalue weighted by Crippen LogP contribution is -2.33. The topological polar surface area (TPSA) is 61.9 Å². The second kappa shape index (κ2) is 4.60. The van der Waals surface area contributed by atoms with Crippen molar-refractivity contribution in [1.82, 2.24) is 20.3 Å². The Morgan fingerprint density at radius 3 is 2.39 bits per heavy atom. The molecule has 1 aromatic heterocycles. The lowest BCUT2D eigenvalue weighted by molar-refractivity contribution is 0.0757. The number of rotatable bonds is 1. The van der Waals surface area contributed by atoms with Crippen LogP contribution in [0.2, 0.25) is 0 Å². The summed E-state index contributed by atoms with van der Waals surface area (Å²) in [4.78, 5) is 14.0. The van der Waals surface area contributed by atoms with E-state index in [1.165, 1.54) is 17.3 Å². The third kappa shape index (κ3) is 1.99. The molecule has 92 valence electrons. The lowest BCUT2D eigenvalue weighted by atomic mass is 10.0. The van der Waals surface area contributed by atoms with Crippen molar-refractivity contribution in [2.24, 2.45) is 0 Å².